The Bertz CT molecular complexity index is 3460. The second kappa shape index (κ2) is 30.8. The quantitative estimate of drug-likeness (QED) is 0.0133. The van der Waals surface area contributed by atoms with E-state index in [1.807, 2.05) is 87.5 Å². The Labute approximate surface area is 461 Å². The largest absolute Gasteiger partial charge is 0.506 e. The Kier molecular flexibility index (Phi) is 23.8. The SMILES string of the molecule is CCOC(=O)c1cc(C)cnc1Cl.CCOC(=O)c1cc(C)cnc1N(OCc1ccccc1)C(=O)Cc1ccccc1.CCOC(=O)c1cc(SOOO)c[nH]c1=O.Cc1cnc2c(c1)c(O)c(-c1ccccc1)c(=O)n2O. The van der Waals surface area contributed by atoms with E-state index in [0.29, 0.717) is 44.8 Å². The average Bonchev–Trinajstić information content (AvgIpc) is 3.56. The molecule has 0 bridgehead atoms. The number of anilines is 1. The monoisotopic (exact) mass is 1120 g/mol. The van der Waals surface area contributed by atoms with E-state index >= 15 is 0 Å². The molecule has 1 amide bonds. The Balaban J connectivity index is 0.000000204. The number of aromatic amines is 1. The lowest BCUT2D eigenvalue weighted by Crippen LogP contribution is -2.34. The summed E-state index contributed by atoms with van der Waals surface area (Å²) in [6.45, 7) is 11.5. The maximum absolute atomic E-state index is 13.2. The molecule has 0 unspecified atom stereocenters. The molecule has 0 atom stereocenters. The summed E-state index contributed by atoms with van der Waals surface area (Å²) in [6.07, 6.45) is 6.12. The van der Waals surface area contributed by atoms with Gasteiger partial charge in [0.1, 0.15) is 28.6 Å². The summed E-state index contributed by atoms with van der Waals surface area (Å²) in [5.74, 6) is -2.09. The molecule has 0 aliphatic rings. The number of aryl methyl sites for hydroxylation is 3. The van der Waals surface area contributed by atoms with Crippen LogP contribution >= 0.6 is 23.6 Å². The van der Waals surface area contributed by atoms with E-state index in [0.717, 1.165) is 32.9 Å². The summed E-state index contributed by atoms with van der Waals surface area (Å²) >= 11 is 6.34. The van der Waals surface area contributed by atoms with Gasteiger partial charge in [-0.1, -0.05) is 108 Å². The van der Waals surface area contributed by atoms with Crippen LogP contribution in [0, 0.1) is 20.8 Å². The van der Waals surface area contributed by atoms with E-state index in [1.165, 1.54) is 18.5 Å². The van der Waals surface area contributed by atoms with E-state index in [1.54, 1.807) is 75.6 Å². The Hall–Kier alpha value is -8.77. The molecule has 8 aromatic rings. The van der Waals surface area contributed by atoms with Gasteiger partial charge in [0.25, 0.3) is 17.0 Å². The lowest BCUT2D eigenvalue weighted by Gasteiger charge is -2.23. The van der Waals surface area contributed by atoms with Gasteiger partial charge < -0.3 is 29.5 Å². The number of carbonyl (C=O) groups excluding carboxylic acids is 4. The van der Waals surface area contributed by atoms with Crippen molar-refractivity contribution in [2.45, 2.75) is 59.5 Å². The van der Waals surface area contributed by atoms with Crippen LogP contribution in [0.25, 0.3) is 22.2 Å². The molecular formula is C56H55ClN6O15S. The molecule has 0 fully saturated rings. The Morgan fingerprint density at radius 2 is 1.20 bits per heavy atom. The highest BCUT2D eigenvalue weighted by Crippen LogP contribution is 2.32. The minimum absolute atomic E-state index is 0.0396. The summed E-state index contributed by atoms with van der Waals surface area (Å²) in [6, 6.07) is 33.8. The number of aromatic hydroxyl groups is 1. The fourth-order valence-corrected chi connectivity index (χ4v) is 7.49. The van der Waals surface area contributed by atoms with Crippen LogP contribution in [0.5, 0.6) is 5.75 Å². The predicted molar refractivity (Wildman–Crippen MR) is 292 cm³/mol. The molecule has 79 heavy (non-hydrogen) atoms. The van der Waals surface area contributed by atoms with E-state index in [2.05, 4.69) is 34.0 Å². The minimum Gasteiger partial charge on any atom is -0.506 e. The van der Waals surface area contributed by atoms with Gasteiger partial charge in [0.05, 0.1) is 59.7 Å². The summed E-state index contributed by atoms with van der Waals surface area (Å²) in [5.41, 5.74) is 3.96. The van der Waals surface area contributed by atoms with Crippen molar-refractivity contribution in [3.05, 3.63) is 210 Å². The van der Waals surface area contributed by atoms with Crippen molar-refractivity contribution in [1.29, 1.82) is 0 Å². The van der Waals surface area contributed by atoms with Gasteiger partial charge in [-0.15, -0.1) is 9.06 Å². The van der Waals surface area contributed by atoms with Gasteiger partial charge in [-0.05, 0) is 99.2 Å². The van der Waals surface area contributed by atoms with Crippen molar-refractivity contribution in [3.8, 4) is 16.9 Å². The molecule has 0 aliphatic carbocycles. The van der Waals surface area contributed by atoms with Crippen molar-refractivity contribution < 1.29 is 63.2 Å². The molecule has 0 spiro atoms. The maximum Gasteiger partial charge on any atom is 0.343 e. The molecule has 4 N–H and O–H groups in total. The number of amides is 1. The number of nitrogens with one attached hydrogen (secondary N) is 1. The summed E-state index contributed by atoms with van der Waals surface area (Å²) in [7, 11) is 0. The summed E-state index contributed by atoms with van der Waals surface area (Å²) in [5, 5.41) is 33.3. The second-order valence-electron chi connectivity index (χ2n) is 16.4. The molecule has 0 saturated carbocycles. The van der Waals surface area contributed by atoms with Crippen LogP contribution in [0.15, 0.2) is 155 Å². The van der Waals surface area contributed by atoms with Crippen LogP contribution in [0.1, 0.15) is 79.7 Å². The zero-order valence-electron chi connectivity index (χ0n) is 43.6. The minimum atomic E-state index is -0.726. The predicted octanol–water partition coefficient (Wildman–Crippen LogP) is 9.79. The topological polar surface area (TPSA) is 281 Å². The summed E-state index contributed by atoms with van der Waals surface area (Å²) < 4.78 is 19.3. The van der Waals surface area contributed by atoms with E-state index in [4.69, 9.17) is 31.2 Å². The number of hydrogen-bond acceptors (Lipinski definition) is 19. The van der Waals surface area contributed by atoms with Crippen LogP contribution in [0.2, 0.25) is 5.15 Å². The smallest absolute Gasteiger partial charge is 0.343 e. The lowest BCUT2D eigenvalue weighted by atomic mass is 10.0. The highest BCUT2D eigenvalue weighted by Gasteiger charge is 2.26. The van der Waals surface area contributed by atoms with Gasteiger partial charge >= 0.3 is 17.9 Å². The first-order valence-corrected chi connectivity index (χ1v) is 25.1. The number of esters is 3. The van der Waals surface area contributed by atoms with Gasteiger partial charge in [0, 0.05) is 24.8 Å². The molecule has 0 aliphatic heterocycles. The first kappa shape index (κ1) is 61.1. The number of rotatable bonds is 16. The number of H-pyrrole nitrogens is 1. The van der Waals surface area contributed by atoms with Crippen molar-refractivity contribution in [3.63, 3.8) is 0 Å². The van der Waals surface area contributed by atoms with Gasteiger partial charge in [0.2, 0.25) is 0 Å². The molecule has 0 saturated heterocycles. The fourth-order valence-electron chi connectivity index (χ4n) is 6.93. The molecule has 0 radical (unpaired) electrons. The van der Waals surface area contributed by atoms with Crippen molar-refractivity contribution in [2.75, 3.05) is 24.9 Å². The van der Waals surface area contributed by atoms with Gasteiger partial charge in [-0.2, -0.15) is 5.06 Å². The van der Waals surface area contributed by atoms with Crippen molar-refractivity contribution in [1.82, 2.24) is 24.7 Å². The molecule has 21 nitrogen and oxygen atoms in total. The van der Waals surface area contributed by atoms with Gasteiger partial charge in [0.15, 0.2) is 11.5 Å². The maximum atomic E-state index is 13.2. The normalized spacial score (nSPS) is 10.4. The fraction of sp³-hybridized carbons (Fsp3) is 0.196. The second-order valence-corrected chi connectivity index (χ2v) is 17.5. The Morgan fingerprint density at radius 3 is 1.80 bits per heavy atom. The average molecular weight is 1120 g/mol. The summed E-state index contributed by atoms with van der Waals surface area (Å²) in [4.78, 5) is 92.5. The van der Waals surface area contributed by atoms with E-state index < -0.39 is 29.0 Å². The zero-order chi connectivity index (χ0) is 57.4. The number of hydroxylamine groups is 1. The van der Waals surface area contributed by atoms with Crippen LogP contribution in [0.4, 0.5) is 5.82 Å². The number of pyridine rings is 5. The highest BCUT2D eigenvalue weighted by atomic mass is 35.5. The molecule has 412 valence electrons. The first-order valence-electron chi connectivity index (χ1n) is 24.0. The highest BCUT2D eigenvalue weighted by molar-refractivity contribution is 7.94. The van der Waals surface area contributed by atoms with Crippen LogP contribution in [0.3, 0.4) is 0 Å². The number of halogens is 1. The van der Waals surface area contributed by atoms with Crippen molar-refractivity contribution in [2.24, 2.45) is 0 Å². The molecular weight excluding hydrogens is 1060 g/mol. The lowest BCUT2D eigenvalue weighted by molar-refractivity contribution is -0.432. The molecule has 8 rings (SSSR count). The Morgan fingerprint density at radius 1 is 0.684 bits per heavy atom. The molecule has 5 heterocycles. The number of aromatic nitrogens is 5. The van der Waals surface area contributed by atoms with Crippen LogP contribution in [-0.4, -0.2) is 83.9 Å². The van der Waals surface area contributed by atoms with Crippen LogP contribution in [-0.2, 0) is 46.2 Å². The molecule has 3 aromatic carbocycles. The molecule has 5 aromatic heterocycles. The van der Waals surface area contributed by atoms with E-state index in [-0.39, 0.29) is 71.2 Å². The number of nitrogens with zero attached hydrogens (tertiary/aromatic N) is 5. The number of ether oxygens (including phenoxy) is 3. The number of benzene rings is 3. The van der Waals surface area contributed by atoms with Gasteiger partial charge in [-0.3, -0.25) is 19.2 Å². The van der Waals surface area contributed by atoms with Crippen LogP contribution < -0.4 is 16.2 Å². The third-order valence-electron chi connectivity index (χ3n) is 10.5. The van der Waals surface area contributed by atoms with E-state index in [9.17, 15) is 39.1 Å². The number of hydrogen-bond donors (Lipinski definition) is 4. The van der Waals surface area contributed by atoms with Crippen molar-refractivity contribution >= 4 is 64.3 Å². The molecule has 23 heteroatoms. The standard InChI is InChI=1S/C24H24N2O4.C15H12N2O3.C9H10ClNO2.C8H9NO6S/c1-3-29-24(28)21-14-18(2)16-25-23(21)26(30-17-20-12-8-5-9-13-20)22(27)15-19-10-6-4-7-11-19;1-9-7-11-13(18)12(10-5-3-2-4-6-10)15(19)17(20)14(11)16-8-9;1-3-13-9(12)7-4-6(2)5-11-8(7)10;1-2-13-8(11)6-3-5(16-15-14-12)4-9-7(6)10/h4-14,16H,3,15,17H2,1-2H3;2-8,18,20H,1H3;4-5H,3H2,1-2H3;3-4,12H,2H2,1H3,(H,9,10). The third kappa shape index (κ3) is 17.6. The number of fused-ring (bicyclic) bond motifs is 1. The third-order valence-corrected chi connectivity index (χ3v) is 11.3. The zero-order valence-corrected chi connectivity index (χ0v) is 45.1. The van der Waals surface area contributed by atoms with Gasteiger partial charge in [-0.25, -0.2) is 34.6 Å². The first-order chi connectivity index (χ1) is 38.0. The number of carbonyl (C=O) groups is 4.